The molecule has 0 bridgehead atoms. The average molecular weight is 1320 g/mol. The van der Waals surface area contributed by atoms with Crippen molar-refractivity contribution < 1.29 is 91.9 Å². The lowest BCUT2D eigenvalue weighted by atomic mass is 9.83. The van der Waals surface area contributed by atoms with Crippen LogP contribution in [0.3, 0.4) is 0 Å². The Bertz CT molecular complexity index is 3760. The van der Waals surface area contributed by atoms with Crippen molar-refractivity contribution in [3.63, 3.8) is 0 Å². The SMILES string of the molecule is COC1=C(C)C(=O)C2=C(C1=O)[C@H](COC(N)=O)[C@]1(OC)[C@H]3[C@@H](CN21)N3C(=O)CCN1C(=O)CC(SCC(NC(=O)[C@@H](CC(=O)O)NC(=O)[C@@H](CCCN=C(N)N)NC(=O)CC[C@@H](NC(=O)c2ccc(NCc3cnc4nc(N)[nH]c(=O)c4n3)cc2)C(=O)O)C(=O)O)C1=O. The Morgan fingerprint density at radius 1 is 0.860 bits per heavy atom. The van der Waals surface area contributed by atoms with Crippen LogP contribution in [-0.2, 0) is 73.5 Å². The van der Waals surface area contributed by atoms with E-state index in [1.807, 2.05) is 0 Å². The summed E-state index contributed by atoms with van der Waals surface area (Å²) in [6.45, 7) is 0.497. The first kappa shape index (κ1) is 68.1. The zero-order chi connectivity index (χ0) is 67.9. The molecule has 2 aromatic heterocycles. The number of anilines is 2. The number of thioether (sulfide) groups is 1. The molecule has 8 amide bonds. The molecule has 8 rings (SSSR count). The number of carbonyl (C=O) groups is 13. The van der Waals surface area contributed by atoms with Crippen molar-refractivity contribution in [2.75, 3.05) is 57.3 Å². The number of ether oxygens (including phenoxy) is 3. The molecule has 0 radical (unpaired) electrons. The fourth-order valence-corrected chi connectivity index (χ4v) is 12.7. The van der Waals surface area contributed by atoms with E-state index in [0.717, 1.165) is 4.90 Å². The van der Waals surface area contributed by atoms with Gasteiger partial charge in [0.2, 0.25) is 53.0 Å². The summed E-state index contributed by atoms with van der Waals surface area (Å²) in [7, 11) is 2.51. The van der Waals surface area contributed by atoms with Crippen molar-refractivity contribution in [1.29, 1.82) is 0 Å². The maximum Gasteiger partial charge on any atom is 0.404 e. The maximum absolute atomic E-state index is 13.9. The first-order valence-corrected chi connectivity index (χ1v) is 29.5. The van der Waals surface area contributed by atoms with Gasteiger partial charge in [0, 0.05) is 74.2 Å². The van der Waals surface area contributed by atoms with Crippen molar-refractivity contribution >= 4 is 117 Å². The monoisotopic (exact) mass is 1320 g/mol. The molecule has 1 aromatic carbocycles. The Labute approximate surface area is 529 Å². The highest BCUT2D eigenvalue weighted by Gasteiger charge is 2.77. The molecule has 5 aliphatic rings. The highest BCUT2D eigenvalue weighted by molar-refractivity contribution is 8.00. The number of hydrogen-bond donors (Lipinski definition) is 13. The first-order valence-electron chi connectivity index (χ1n) is 28.5. The number of hydrogen-bond acceptors (Lipinski definition) is 25. The van der Waals surface area contributed by atoms with Crippen LogP contribution < -0.4 is 55.1 Å². The van der Waals surface area contributed by atoms with Crippen LogP contribution in [0, 0.1) is 5.92 Å². The number of likely N-dealkylation sites (tertiary alicyclic amines) is 1. The van der Waals surface area contributed by atoms with Gasteiger partial charge in [-0.15, -0.1) is 11.8 Å². The lowest BCUT2D eigenvalue weighted by Gasteiger charge is -2.41. The molecule has 3 fully saturated rings. The first-order chi connectivity index (χ1) is 44.1. The number of allylic oxidation sites excluding steroid dienone is 2. The Kier molecular flexibility index (Phi) is 20.9. The minimum absolute atomic E-state index is 0.00159. The fraction of sp³-hybridized carbons (Fsp3) is 0.455. The molecule has 9 atom stereocenters. The highest BCUT2D eigenvalue weighted by Crippen LogP contribution is 2.60. The molecule has 0 spiro atoms. The summed E-state index contributed by atoms with van der Waals surface area (Å²) < 4.78 is 16.5. The van der Waals surface area contributed by atoms with Crippen molar-refractivity contribution in [1.82, 2.24) is 55.9 Å². The number of aliphatic imine (C=N–C) groups is 1. The number of nitrogens with zero attached hydrogens (tertiary/aromatic N) is 7. The average Bonchev–Trinajstić information content (AvgIpc) is 1.49. The molecule has 496 valence electrons. The number of fused-ring (bicyclic) bond motifs is 5. The lowest BCUT2D eigenvalue weighted by molar-refractivity contribution is -0.153. The van der Waals surface area contributed by atoms with E-state index in [9.17, 15) is 82.4 Å². The van der Waals surface area contributed by atoms with Crippen LogP contribution in [0.15, 0.2) is 62.9 Å². The normalized spacial score (nSPS) is 20.8. The lowest BCUT2D eigenvalue weighted by Crippen LogP contribution is -2.56. The highest BCUT2D eigenvalue weighted by atomic mass is 32.2. The zero-order valence-electron chi connectivity index (χ0n) is 49.8. The standard InChI is InChI=1S/C55H65N17O20S/c1-22-40(78)39-37(41(79)42(22)90-2)26(20-92-54(59)89)55(91-3)43-31(19-71(39)55)72(43)34(74)12-14-70-35(75)16-32(49(70)84)93-21-30(51(87)88)67-47(82)29(15-36(76)77)66-46(81)27(5-4-13-60-52(56)57)64-33(73)11-10-28(50(85)86)65-45(80)23-6-8-24(9-7-23)61-17-25-18-62-44-38(63-25)48(83)69-53(58)68-44/h6-9,18,26-32,43,61H,4-5,10-17,19-21H2,1-3H3,(H2,59,89)(H,64,73)(H,65,80)(H,66,81)(H,67,82)(H,76,77)(H,85,86)(H,87,88)(H4,56,57,60)(H3,58,62,68,69,83)/t26-,27+,28+,29+,30?,31+,32?,43+,55-,72?/m0/s1. The van der Waals surface area contributed by atoms with Gasteiger partial charge in [-0.2, -0.15) is 4.98 Å². The minimum Gasteiger partial charge on any atom is -0.492 e. The van der Waals surface area contributed by atoms with Gasteiger partial charge in [-0.1, -0.05) is 0 Å². The second-order valence-electron chi connectivity index (χ2n) is 21.7. The molecular weight excluding hydrogens is 1250 g/mol. The topological polar surface area (TPSA) is 568 Å². The molecule has 0 saturated carbocycles. The molecule has 6 heterocycles. The third-order valence-electron chi connectivity index (χ3n) is 15.9. The van der Waals surface area contributed by atoms with Crippen LogP contribution in [0.5, 0.6) is 0 Å². The predicted octanol–water partition coefficient (Wildman–Crippen LogP) is -4.52. The number of rotatable bonds is 31. The van der Waals surface area contributed by atoms with Gasteiger partial charge >= 0.3 is 24.0 Å². The van der Waals surface area contributed by atoms with Gasteiger partial charge in [0.15, 0.2) is 28.6 Å². The number of nitrogen functional groups attached to an aromatic ring is 1. The van der Waals surface area contributed by atoms with Crippen LogP contribution in [-0.4, -0.2) is 226 Å². The quantitative estimate of drug-likeness (QED) is 0.00721. The Morgan fingerprint density at radius 3 is 2.19 bits per heavy atom. The number of H-pyrrole nitrogens is 1. The minimum atomic E-state index is -1.99. The number of carbonyl (C=O) groups excluding carboxylic acids is 10. The van der Waals surface area contributed by atoms with Crippen LogP contribution in [0.4, 0.5) is 16.4 Å². The van der Waals surface area contributed by atoms with Crippen LogP contribution in [0.2, 0.25) is 0 Å². The summed E-state index contributed by atoms with van der Waals surface area (Å²) in [5.74, 6) is -14.7. The molecule has 4 aliphatic heterocycles. The number of aromatic amines is 1. The number of carboxylic acids is 3. The summed E-state index contributed by atoms with van der Waals surface area (Å²) in [5.41, 5.74) is 20.4. The largest absolute Gasteiger partial charge is 0.492 e. The van der Waals surface area contributed by atoms with E-state index in [4.69, 9.17) is 37.1 Å². The molecule has 38 heteroatoms. The Hall–Kier alpha value is -10.8. The van der Waals surface area contributed by atoms with E-state index in [1.165, 1.54) is 56.5 Å². The second kappa shape index (κ2) is 28.6. The van der Waals surface area contributed by atoms with E-state index < -0.39 is 187 Å². The molecule has 93 heavy (non-hydrogen) atoms. The Morgan fingerprint density at radius 2 is 1.55 bits per heavy atom. The van der Waals surface area contributed by atoms with E-state index in [1.54, 1.807) is 4.90 Å². The number of piperazine rings is 1. The zero-order valence-corrected chi connectivity index (χ0v) is 50.6. The molecule has 17 N–H and O–H groups in total. The number of methoxy groups -OCH3 is 2. The number of guanidine groups is 1. The molecule has 2 unspecified atom stereocenters. The van der Waals surface area contributed by atoms with Crippen molar-refractivity contribution in [2.24, 2.45) is 28.1 Å². The fourth-order valence-electron chi connectivity index (χ4n) is 11.5. The van der Waals surface area contributed by atoms with Gasteiger partial charge in [0.05, 0.1) is 54.9 Å². The predicted molar refractivity (Wildman–Crippen MR) is 319 cm³/mol. The smallest absolute Gasteiger partial charge is 0.404 e. The van der Waals surface area contributed by atoms with Gasteiger partial charge in [0.25, 0.3) is 11.5 Å². The summed E-state index contributed by atoms with van der Waals surface area (Å²) >= 11 is 0.654. The molecule has 1 aliphatic carbocycles. The summed E-state index contributed by atoms with van der Waals surface area (Å²) in [6, 6.07) is -2.70. The van der Waals surface area contributed by atoms with Gasteiger partial charge in [0.1, 0.15) is 36.8 Å². The van der Waals surface area contributed by atoms with Gasteiger partial charge in [-0.25, -0.2) is 24.4 Å². The number of imide groups is 1. The maximum atomic E-state index is 13.9. The van der Waals surface area contributed by atoms with Crippen molar-refractivity contribution in [3.05, 3.63) is 74.7 Å². The van der Waals surface area contributed by atoms with Gasteiger partial charge in [-0.05, 0) is 50.5 Å². The van der Waals surface area contributed by atoms with E-state index in [0.29, 0.717) is 23.1 Å². The van der Waals surface area contributed by atoms with Crippen molar-refractivity contribution in [3.8, 4) is 0 Å². The van der Waals surface area contributed by atoms with Gasteiger partial charge < -0.3 is 88.8 Å². The number of aliphatic carboxylic acids is 3. The number of ketones is 2. The van der Waals surface area contributed by atoms with E-state index in [-0.39, 0.29) is 83.7 Å². The number of aromatic nitrogens is 4. The molecule has 3 aromatic rings. The van der Waals surface area contributed by atoms with Crippen LogP contribution in [0.1, 0.15) is 67.9 Å². The van der Waals surface area contributed by atoms with Gasteiger partial charge in [-0.3, -0.25) is 67.6 Å². The third-order valence-corrected chi connectivity index (χ3v) is 17.2. The summed E-state index contributed by atoms with van der Waals surface area (Å²) in [4.78, 5) is 206. The second-order valence-corrected chi connectivity index (χ2v) is 23.0. The molecule has 3 saturated heterocycles. The summed E-state index contributed by atoms with van der Waals surface area (Å²) in [5, 5.41) is 40.8. The number of nitrogens with one attached hydrogen (secondary N) is 6. The van der Waals surface area contributed by atoms with Crippen LogP contribution in [0.25, 0.3) is 11.2 Å². The number of primary amides is 1. The number of nitrogens with two attached hydrogens (primary N) is 4. The number of carboxylic acid groups (broad SMARTS) is 3. The number of amides is 8. The Balaban J connectivity index is 0.832. The molecule has 37 nitrogen and oxygen atoms in total. The van der Waals surface area contributed by atoms with E-state index >= 15 is 0 Å². The number of Topliss-reactive ketones (excluding diaryl/α,β-unsaturated/α-hetero) is 2. The molecular formula is C55H65N17O20S. The van der Waals surface area contributed by atoms with Crippen molar-refractivity contribution in [2.45, 2.75) is 106 Å². The third kappa shape index (κ3) is 14.9. The number of benzene rings is 1. The summed E-state index contributed by atoms with van der Waals surface area (Å²) in [6.07, 6.45) is -3.15. The van der Waals surface area contributed by atoms with E-state index in [2.05, 4.69) is 51.5 Å². The van der Waals surface area contributed by atoms with Crippen LogP contribution >= 0.6 is 11.8 Å².